The number of aromatic nitrogens is 2. The van der Waals surface area contributed by atoms with Gasteiger partial charge >= 0.3 is 5.69 Å². The average molecular weight is 318 g/mol. The summed E-state index contributed by atoms with van der Waals surface area (Å²) in [7, 11) is 0. The van der Waals surface area contributed by atoms with Gasteiger partial charge in [-0.2, -0.15) is 0 Å². The monoisotopic (exact) mass is 318 g/mol. The van der Waals surface area contributed by atoms with Gasteiger partial charge in [-0.05, 0) is 18.6 Å². The largest absolute Gasteiger partial charge is 0.358 e. The van der Waals surface area contributed by atoms with Crippen LogP contribution in [-0.4, -0.2) is 27.7 Å². The van der Waals surface area contributed by atoms with Crippen molar-refractivity contribution in [3.63, 3.8) is 0 Å². The minimum atomic E-state index is -0.645. The van der Waals surface area contributed by atoms with E-state index in [1.165, 1.54) is 16.7 Å². The molecule has 0 atom stereocenters. The Morgan fingerprint density at radius 3 is 2.78 bits per heavy atom. The molecule has 0 saturated heterocycles. The van der Waals surface area contributed by atoms with E-state index in [-0.39, 0.29) is 5.69 Å². The molecule has 7 heteroatoms. The van der Waals surface area contributed by atoms with Gasteiger partial charge in [0.05, 0.1) is 17.9 Å². The van der Waals surface area contributed by atoms with Crippen LogP contribution < -0.4 is 16.6 Å². The lowest BCUT2D eigenvalue weighted by molar-refractivity contribution is 0.268. The van der Waals surface area contributed by atoms with E-state index in [2.05, 4.69) is 22.1 Å². The average Bonchev–Trinajstić information content (AvgIpc) is 2.55. The summed E-state index contributed by atoms with van der Waals surface area (Å²) >= 11 is 0. The van der Waals surface area contributed by atoms with Crippen molar-refractivity contribution in [3.05, 3.63) is 56.5 Å². The number of para-hydroxylation sites is 1. The molecule has 1 aliphatic rings. The molecule has 3 rings (SSSR count). The summed E-state index contributed by atoms with van der Waals surface area (Å²) in [6.45, 7) is 3.92. The van der Waals surface area contributed by atoms with Gasteiger partial charge in [-0.25, -0.2) is 13.8 Å². The number of hydrogen-bond donors (Lipinski definition) is 2. The Bertz CT molecular complexity index is 828. The quantitative estimate of drug-likeness (QED) is 0.899. The first-order valence-corrected chi connectivity index (χ1v) is 7.71. The molecule has 23 heavy (non-hydrogen) atoms. The zero-order valence-electron chi connectivity index (χ0n) is 12.9. The number of anilines is 1. The number of halogens is 1. The second kappa shape index (κ2) is 6.37. The second-order valence-electron chi connectivity index (χ2n) is 5.61. The molecular formula is C16H19FN4O2. The molecule has 0 aliphatic carbocycles. The SMILES string of the molecule is CCCCN1CNc2c(c(=O)[nH]c(=O)n2-c2ccccc2F)C1. The van der Waals surface area contributed by atoms with Crippen molar-refractivity contribution in [1.29, 1.82) is 0 Å². The van der Waals surface area contributed by atoms with Crippen LogP contribution in [0.4, 0.5) is 10.2 Å². The zero-order valence-corrected chi connectivity index (χ0v) is 12.9. The molecule has 1 aromatic heterocycles. The number of nitrogens with one attached hydrogen (secondary N) is 2. The third kappa shape index (κ3) is 2.92. The first-order valence-electron chi connectivity index (χ1n) is 7.71. The predicted molar refractivity (Wildman–Crippen MR) is 86.4 cm³/mol. The highest BCUT2D eigenvalue weighted by Crippen LogP contribution is 2.22. The van der Waals surface area contributed by atoms with Gasteiger partial charge in [0.15, 0.2) is 0 Å². The highest BCUT2D eigenvalue weighted by molar-refractivity contribution is 5.52. The summed E-state index contributed by atoms with van der Waals surface area (Å²) < 4.78 is 15.3. The lowest BCUT2D eigenvalue weighted by Gasteiger charge is -2.30. The van der Waals surface area contributed by atoms with Gasteiger partial charge in [-0.3, -0.25) is 14.7 Å². The summed E-state index contributed by atoms with van der Waals surface area (Å²) in [5.74, 6) is -0.143. The third-order valence-corrected chi connectivity index (χ3v) is 3.98. The van der Waals surface area contributed by atoms with Crippen molar-refractivity contribution >= 4 is 5.82 Å². The van der Waals surface area contributed by atoms with Gasteiger partial charge in [-0.15, -0.1) is 0 Å². The first kappa shape index (κ1) is 15.5. The van der Waals surface area contributed by atoms with Crippen LogP contribution in [-0.2, 0) is 6.54 Å². The molecule has 0 bridgehead atoms. The molecule has 122 valence electrons. The third-order valence-electron chi connectivity index (χ3n) is 3.98. The molecule has 2 N–H and O–H groups in total. The second-order valence-corrected chi connectivity index (χ2v) is 5.61. The molecule has 0 radical (unpaired) electrons. The van der Waals surface area contributed by atoms with E-state index in [0.29, 0.717) is 24.6 Å². The van der Waals surface area contributed by atoms with Gasteiger partial charge in [0, 0.05) is 13.1 Å². The Kier molecular flexibility index (Phi) is 4.29. The smallest absolute Gasteiger partial charge is 0.334 e. The molecule has 0 unspecified atom stereocenters. The Morgan fingerprint density at radius 1 is 1.26 bits per heavy atom. The fourth-order valence-corrected chi connectivity index (χ4v) is 2.77. The van der Waals surface area contributed by atoms with Crippen LogP contribution in [0.15, 0.2) is 33.9 Å². The van der Waals surface area contributed by atoms with Crippen molar-refractivity contribution in [2.75, 3.05) is 18.5 Å². The van der Waals surface area contributed by atoms with Gasteiger partial charge in [0.25, 0.3) is 5.56 Å². The van der Waals surface area contributed by atoms with Crippen LogP contribution >= 0.6 is 0 Å². The Morgan fingerprint density at radius 2 is 2.04 bits per heavy atom. The van der Waals surface area contributed by atoms with E-state index < -0.39 is 17.1 Å². The number of H-pyrrole nitrogens is 1. The van der Waals surface area contributed by atoms with Crippen LogP contribution in [0, 0.1) is 5.82 Å². The number of aromatic amines is 1. The van der Waals surface area contributed by atoms with Gasteiger partial charge in [0.2, 0.25) is 0 Å². The summed E-state index contributed by atoms with van der Waals surface area (Å²) in [5.41, 5.74) is -0.491. The maximum Gasteiger partial charge on any atom is 0.334 e. The standard InChI is InChI=1S/C16H19FN4O2/c1-2-3-8-20-9-11-14(18-10-20)21(16(23)19-15(11)22)13-7-5-4-6-12(13)17/h4-7,18H,2-3,8-10H2,1H3,(H,19,22,23). The summed E-state index contributed by atoms with van der Waals surface area (Å²) in [4.78, 5) is 28.7. The van der Waals surface area contributed by atoms with Gasteiger partial charge < -0.3 is 5.32 Å². The molecule has 0 amide bonds. The lowest BCUT2D eigenvalue weighted by atomic mass is 10.2. The van der Waals surface area contributed by atoms with Crippen LogP contribution in [0.25, 0.3) is 5.69 Å². The number of fused-ring (bicyclic) bond motifs is 1. The van der Waals surface area contributed by atoms with E-state index in [0.717, 1.165) is 19.4 Å². The number of hydrogen-bond acceptors (Lipinski definition) is 4. The highest BCUT2D eigenvalue weighted by atomic mass is 19.1. The number of rotatable bonds is 4. The number of benzene rings is 1. The fraction of sp³-hybridized carbons (Fsp3) is 0.375. The Balaban J connectivity index is 2.09. The normalized spacial score (nSPS) is 14.3. The van der Waals surface area contributed by atoms with Gasteiger partial charge in [0.1, 0.15) is 11.6 Å². The van der Waals surface area contributed by atoms with E-state index >= 15 is 0 Å². The first-order chi connectivity index (χ1) is 11.1. The van der Waals surface area contributed by atoms with E-state index in [1.807, 2.05) is 0 Å². The summed E-state index contributed by atoms with van der Waals surface area (Å²) in [6, 6.07) is 6.01. The van der Waals surface area contributed by atoms with Crippen molar-refractivity contribution in [2.45, 2.75) is 26.3 Å². The van der Waals surface area contributed by atoms with E-state index in [1.54, 1.807) is 12.1 Å². The molecular weight excluding hydrogens is 299 g/mol. The molecule has 1 aliphatic heterocycles. The van der Waals surface area contributed by atoms with E-state index in [9.17, 15) is 14.0 Å². The molecule has 6 nitrogen and oxygen atoms in total. The molecule has 1 aromatic carbocycles. The fourth-order valence-electron chi connectivity index (χ4n) is 2.77. The Labute approximate surface area is 132 Å². The maximum absolute atomic E-state index is 14.1. The van der Waals surface area contributed by atoms with Crippen LogP contribution in [0.2, 0.25) is 0 Å². The minimum Gasteiger partial charge on any atom is -0.358 e. The van der Waals surface area contributed by atoms with Crippen molar-refractivity contribution in [3.8, 4) is 5.69 Å². The van der Waals surface area contributed by atoms with Crippen LogP contribution in [0.5, 0.6) is 0 Å². The van der Waals surface area contributed by atoms with Crippen molar-refractivity contribution in [2.24, 2.45) is 0 Å². The molecule has 0 fully saturated rings. The molecule has 2 heterocycles. The molecule has 0 spiro atoms. The van der Waals surface area contributed by atoms with Crippen LogP contribution in [0.3, 0.4) is 0 Å². The predicted octanol–water partition coefficient (Wildman–Crippen LogP) is 1.65. The number of nitrogens with zero attached hydrogens (tertiary/aromatic N) is 2. The van der Waals surface area contributed by atoms with Gasteiger partial charge in [-0.1, -0.05) is 25.5 Å². The lowest BCUT2D eigenvalue weighted by Crippen LogP contribution is -2.43. The summed E-state index contributed by atoms with van der Waals surface area (Å²) in [5, 5.41) is 3.10. The minimum absolute atomic E-state index is 0.125. The molecule has 2 aromatic rings. The summed E-state index contributed by atoms with van der Waals surface area (Å²) in [6.07, 6.45) is 2.09. The highest BCUT2D eigenvalue weighted by Gasteiger charge is 2.23. The number of unbranched alkanes of at least 4 members (excludes halogenated alkanes) is 1. The van der Waals surface area contributed by atoms with E-state index in [4.69, 9.17) is 0 Å². The Hall–Kier alpha value is -2.41. The van der Waals surface area contributed by atoms with Crippen LogP contribution in [0.1, 0.15) is 25.3 Å². The maximum atomic E-state index is 14.1. The van der Waals surface area contributed by atoms with Crippen molar-refractivity contribution in [1.82, 2.24) is 14.5 Å². The molecule has 0 saturated carbocycles. The zero-order chi connectivity index (χ0) is 16.4. The van der Waals surface area contributed by atoms with Crippen molar-refractivity contribution < 1.29 is 4.39 Å². The topological polar surface area (TPSA) is 70.1 Å².